The number of rotatable bonds is 2. The number of halogens is 1. The topological polar surface area (TPSA) is 71.8 Å². The summed E-state index contributed by atoms with van der Waals surface area (Å²) in [5.41, 5.74) is -1.17. The van der Waals surface area contributed by atoms with Crippen LogP contribution in [0.5, 0.6) is 0 Å². The van der Waals surface area contributed by atoms with Crippen molar-refractivity contribution in [1.29, 1.82) is 0 Å². The van der Waals surface area contributed by atoms with Gasteiger partial charge in [-0.15, -0.1) is 0 Å². The van der Waals surface area contributed by atoms with Crippen molar-refractivity contribution in [2.24, 2.45) is 0 Å². The Hall–Kier alpha value is -2.05. The molecule has 0 unspecified atom stereocenters. The van der Waals surface area contributed by atoms with Crippen LogP contribution in [0.1, 0.15) is 39.7 Å². The van der Waals surface area contributed by atoms with E-state index >= 15 is 0 Å². The van der Waals surface area contributed by atoms with Crippen LogP contribution in [0.25, 0.3) is 11.0 Å². The number of ether oxygens (including phenoxy) is 1. The molecule has 1 N–H and O–H groups in total. The first-order valence-corrected chi connectivity index (χ1v) is 8.94. The van der Waals surface area contributed by atoms with Crippen LogP contribution in [0.2, 0.25) is 5.22 Å². The molecule has 3 amide bonds. The third-order valence-electron chi connectivity index (χ3n) is 5.39. The highest BCUT2D eigenvalue weighted by Crippen LogP contribution is 2.48. The summed E-state index contributed by atoms with van der Waals surface area (Å²) in [5, 5.41) is 3.88. The van der Waals surface area contributed by atoms with Gasteiger partial charge in [-0.05, 0) is 45.4 Å². The Balaban J connectivity index is 1.72. The monoisotopic (exact) mass is 376 g/mol. The van der Waals surface area contributed by atoms with E-state index in [-0.39, 0.29) is 17.7 Å². The molecule has 6 nitrogen and oxygen atoms in total. The molecular formula is C19H21ClN2O4. The van der Waals surface area contributed by atoms with Crippen molar-refractivity contribution in [3.05, 3.63) is 35.0 Å². The number of nitrogens with zero attached hydrogens (tertiary/aromatic N) is 1. The maximum atomic E-state index is 13.3. The molecule has 2 aliphatic heterocycles. The second-order valence-electron chi connectivity index (χ2n) is 8.13. The van der Waals surface area contributed by atoms with Crippen molar-refractivity contribution in [1.82, 2.24) is 10.2 Å². The lowest BCUT2D eigenvalue weighted by atomic mass is 9.79. The predicted molar refractivity (Wildman–Crippen MR) is 96.9 cm³/mol. The molecule has 0 aliphatic carbocycles. The minimum Gasteiger partial charge on any atom is -0.444 e. The summed E-state index contributed by atoms with van der Waals surface area (Å²) in [7, 11) is 0. The third kappa shape index (κ3) is 2.28. The molecule has 2 saturated heterocycles. The van der Waals surface area contributed by atoms with Gasteiger partial charge in [0.05, 0.1) is 17.7 Å². The number of furan rings is 1. The fraction of sp³-hybridized carbons (Fsp3) is 0.474. The number of amides is 3. The first-order valence-electron chi connectivity index (χ1n) is 8.57. The molecule has 2 aromatic rings. The largest absolute Gasteiger partial charge is 0.444 e. The molecule has 2 aliphatic rings. The van der Waals surface area contributed by atoms with Gasteiger partial charge in [0.15, 0.2) is 10.8 Å². The van der Waals surface area contributed by atoms with E-state index in [2.05, 4.69) is 5.32 Å². The Morgan fingerprint density at radius 3 is 2.54 bits per heavy atom. The lowest BCUT2D eigenvalue weighted by molar-refractivity contribution is -0.138. The van der Waals surface area contributed by atoms with E-state index in [4.69, 9.17) is 20.8 Å². The Bertz CT molecular complexity index is 933. The fourth-order valence-corrected chi connectivity index (χ4v) is 4.58. The summed E-state index contributed by atoms with van der Waals surface area (Å²) in [6, 6.07) is 6.93. The molecule has 0 radical (unpaired) electrons. The summed E-state index contributed by atoms with van der Waals surface area (Å²) in [6.45, 7) is 7.57. The van der Waals surface area contributed by atoms with Crippen LogP contribution in [-0.2, 0) is 16.1 Å². The Labute approximate surface area is 156 Å². The van der Waals surface area contributed by atoms with Crippen LogP contribution in [0, 0.1) is 0 Å². The molecule has 3 heterocycles. The van der Waals surface area contributed by atoms with Gasteiger partial charge >= 0.3 is 6.03 Å². The highest BCUT2D eigenvalue weighted by Gasteiger charge is 2.67. The number of carbonyl (C=O) groups is 2. The van der Waals surface area contributed by atoms with E-state index in [9.17, 15) is 9.59 Å². The zero-order valence-electron chi connectivity index (χ0n) is 15.2. The van der Waals surface area contributed by atoms with Gasteiger partial charge in [0.2, 0.25) is 0 Å². The summed E-state index contributed by atoms with van der Waals surface area (Å²) >= 11 is 6.23. The van der Waals surface area contributed by atoms with E-state index in [1.54, 1.807) is 6.07 Å². The summed E-state index contributed by atoms with van der Waals surface area (Å²) in [6.07, 6.45) is 0.411. The number of urea groups is 1. The van der Waals surface area contributed by atoms with Gasteiger partial charge in [-0.3, -0.25) is 9.69 Å². The summed E-state index contributed by atoms with van der Waals surface area (Å²) in [4.78, 5) is 27.2. The highest BCUT2D eigenvalue weighted by molar-refractivity contribution is 6.31. The van der Waals surface area contributed by atoms with Gasteiger partial charge in [0.25, 0.3) is 5.91 Å². The molecule has 0 saturated carbocycles. The number of para-hydroxylation sites is 1. The van der Waals surface area contributed by atoms with Crippen LogP contribution < -0.4 is 5.32 Å². The summed E-state index contributed by atoms with van der Waals surface area (Å²) in [5.74, 6) is -0.292. The van der Waals surface area contributed by atoms with Crippen molar-refractivity contribution in [2.45, 2.75) is 57.4 Å². The highest BCUT2D eigenvalue weighted by atomic mass is 35.5. The lowest BCUT2D eigenvalue weighted by Crippen LogP contribution is -2.59. The van der Waals surface area contributed by atoms with Crippen LogP contribution in [0.3, 0.4) is 0 Å². The van der Waals surface area contributed by atoms with Crippen molar-refractivity contribution >= 4 is 34.5 Å². The maximum Gasteiger partial charge on any atom is 0.325 e. The molecular weight excluding hydrogens is 356 g/mol. The average Bonchev–Trinajstić information content (AvgIpc) is 3.03. The number of carbonyl (C=O) groups excluding carboxylic acids is 2. The number of nitrogens with one attached hydrogen (secondary N) is 1. The molecule has 26 heavy (non-hydrogen) atoms. The van der Waals surface area contributed by atoms with Crippen LogP contribution in [0.15, 0.2) is 28.7 Å². The third-order valence-corrected chi connectivity index (χ3v) is 5.70. The molecule has 138 valence electrons. The molecule has 1 spiro atoms. The molecule has 1 aromatic heterocycles. The van der Waals surface area contributed by atoms with E-state index in [1.807, 2.05) is 45.9 Å². The van der Waals surface area contributed by atoms with E-state index < -0.39 is 22.8 Å². The van der Waals surface area contributed by atoms with E-state index in [1.165, 1.54) is 4.90 Å². The van der Waals surface area contributed by atoms with Gasteiger partial charge in [0.1, 0.15) is 5.58 Å². The SMILES string of the molecule is CC1(C)C[C@]2(NC(=O)N(Cc3c(Cl)oc4ccccc34)C2=O)C(C)(C)O1. The van der Waals surface area contributed by atoms with Gasteiger partial charge in [0, 0.05) is 17.4 Å². The molecule has 1 atom stereocenters. The van der Waals surface area contributed by atoms with Gasteiger partial charge in [-0.25, -0.2) is 4.79 Å². The maximum absolute atomic E-state index is 13.3. The Kier molecular flexibility index (Phi) is 3.50. The van der Waals surface area contributed by atoms with Crippen molar-refractivity contribution in [3.63, 3.8) is 0 Å². The Morgan fingerprint density at radius 2 is 1.88 bits per heavy atom. The zero-order chi connectivity index (χ0) is 18.9. The van der Waals surface area contributed by atoms with Gasteiger partial charge in [-0.1, -0.05) is 18.2 Å². The molecule has 4 rings (SSSR count). The number of hydrogen-bond donors (Lipinski definition) is 1. The lowest BCUT2D eigenvalue weighted by Gasteiger charge is -2.33. The molecule has 0 bridgehead atoms. The first kappa shape index (κ1) is 17.4. The smallest absolute Gasteiger partial charge is 0.325 e. The van der Waals surface area contributed by atoms with Crippen LogP contribution in [-0.4, -0.2) is 33.6 Å². The van der Waals surface area contributed by atoms with Gasteiger partial charge in [-0.2, -0.15) is 0 Å². The number of imide groups is 1. The fourth-order valence-electron chi connectivity index (χ4n) is 4.34. The molecule has 2 fully saturated rings. The zero-order valence-corrected chi connectivity index (χ0v) is 15.9. The number of hydrogen-bond acceptors (Lipinski definition) is 4. The number of fused-ring (bicyclic) bond motifs is 1. The second-order valence-corrected chi connectivity index (χ2v) is 8.47. The minimum absolute atomic E-state index is 0.0543. The molecule has 7 heteroatoms. The quantitative estimate of drug-likeness (QED) is 0.808. The first-order chi connectivity index (χ1) is 12.1. The Morgan fingerprint density at radius 1 is 1.19 bits per heavy atom. The summed E-state index contributed by atoms with van der Waals surface area (Å²) < 4.78 is 11.6. The minimum atomic E-state index is -1.08. The second kappa shape index (κ2) is 5.24. The normalized spacial score (nSPS) is 26.9. The number of benzene rings is 1. The van der Waals surface area contributed by atoms with Gasteiger partial charge < -0.3 is 14.5 Å². The van der Waals surface area contributed by atoms with E-state index in [0.717, 1.165) is 5.39 Å². The molecule has 1 aromatic carbocycles. The van der Waals surface area contributed by atoms with Crippen molar-refractivity contribution in [2.75, 3.05) is 0 Å². The van der Waals surface area contributed by atoms with E-state index in [0.29, 0.717) is 17.6 Å². The predicted octanol–water partition coefficient (Wildman–Crippen LogP) is 3.85. The van der Waals surface area contributed by atoms with Crippen LogP contribution in [0.4, 0.5) is 4.79 Å². The van der Waals surface area contributed by atoms with Crippen LogP contribution >= 0.6 is 11.6 Å². The van der Waals surface area contributed by atoms with Crippen molar-refractivity contribution in [3.8, 4) is 0 Å². The standard InChI is InChI=1S/C19H21ClN2O4/c1-17(2)10-19(18(3,4)26-17)15(23)22(16(24)21-19)9-12-11-7-5-6-8-13(11)25-14(12)20/h5-8H,9-10H2,1-4H3,(H,21,24)/t19-/m1/s1. The van der Waals surface area contributed by atoms with Crippen molar-refractivity contribution < 1.29 is 18.7 Å². The average molecular weight is 377 g/mol.